The zero-order valence-electron chi connectivity index (χ0n) is 10.0. The summed E-state index contributed by atoms with van der Waals surface area (Å²) in [4.78, 5) is 26.5. The number of carbonyl (C=O) groups is 2. The molecule has 0 bridgehead atoms. The average molecular weight is 299 g/mol. The standard InChI is InChI=1S/C12H11ClN2O3S/c1-6-7(13)3-2-4-8(6)14-12-15-11(18)9(19-12)5-10(16)17/h2-4,9H,5H2,1H3,(H,16,17)(H,14,15,18). The second kappa shape index (κ2) is 5.63. The van der Waals surface area contributed by atoms with E-state index >= 15 is 0 Å². The van der Waals surface area contributed by atoms with Crippen molar-refractivity contribution < 1.29 is 14.7 Å². The van der Waals surface area contributed by atoms with Crippen LogP contribution in [0.1, 0.15) is 12.0 Å². The van der Waals surface area contributed by atoms with Crippen molar-refractivity contribution in [3.05, 3.63) is 28.8 Å². The highest BCUT2D eigenvalue weighted by atomic mass is 35.5. The molecule has 1 saturated heterocycles. The van der Waals surface area contributed by atoms with Crippen molar-refractivity contribution in [2.75, 3.05) is 0 Å². The zero-order chi connectivity index (χ0) is 14.0. The third kappa shape index (κ3) is 3.27. The summed E-state index contributed by atoms with van der Waals surface area (Å²) in [5.74, 6) is -1.33. The van der Waals surface area contributed by atoms with Crippen LogP contribution in [0.4, 0.5) is 5.69 Å². The molecule has 0 aliphatic carbocycles. The maximum absolute atomic E-state index is 11.6. The van der Waals surface area contributed by atoms with Crippen molar-refractivity contribution in [1.29, 1.82) is 0 Å². The molecule has 1 fully saturated rings. The van der Waals surface area contributed by atoms with Gasteiger partial charge in [-0.3, -0.25) is 9.59 Å². The minimum absolute atomic E-state index is 0.218. The SMILES string of the molecule is Cc1c(Cl)cccc1N=C1NC(=O)C(CC(=O)O)S1. The van der Waals surface area contributed by atoms with Crippen LogP contribution in [0.3, 0.4) is 0 Å². The van der Waals surface area contributed by atoms with Crippen molar-refractivity contribution in [2.24, 2.45) is 4.99 Å². The van der Waals surface area contributed by atoms with Crippen molar-refractivity contribution in [2.45, 2.75) is 18.6 Å². The van der Waals surface area contributed by atoms with Crippen LogP contribution in [-0.4, -0.2) is 27.4 Å². The van der Waals surface area contributed by atoms with Gasteiger partial charge in [-0.25, -0.2) is 4.99 Å². The number of amidine groups is 1. The maximum Gasteiger partial charge on any atom is 0.305 e. The summed E-state index contributed by atoms with van der Waals surface area (Å²) in [7, 11) is 0. The second-order valence-electron chi connectivity index (χ2n) is 3.99. The Balaban J connectivity index is 2.20. The van der Waals surface area contributed by atoms with Crippen LogP contribution < -0.4 is 5.32 Å². The molecule has 1 heterocycles. The molecule has 1 amide bonds. The van der Waals surface area contributed by atoms with Crippen molar-refractivity contribution >= 4 is 46.1 Å². The van der Waals surface area contributed by atoms with Crippen LogP contribution in [0.2, 0.25) is 5.02 Å². The summed E-state index contributed by atoms with van der Waals surface area (Å²) in [6, 6.07) is 5.31. The van der Waals surface area contributed by atoms with Gasteiger partial charge in [-0.15, -0.1) is 0 Å². The number of hydrogen-bond donors (Lipinski definition) is 2. The molecule has 1 atom stereocenters. The first-order valence-corrected chi connectivity index (χ1v) is 6.76. The first-order valence-electron chi connectivity index (χ1n) is 5.50. The number of hydrogen-bond acceptors (Lipinski definition) is 4. The smallest absolute Gasteiger partial charge is 0.305 e. The van der Waals surface area contributed by atoms with E-state index in [0.717, 1.165) is 17.3 Å². The Morgan fingerprint density at radius 3 is 3.00 bits per heavy atom. The fourth-order valence-corrected chi connectivity index (χ4v) is 2.72. The van der Waals surface area contributed by atoms with E-state index in [9.17, 15) is 9.59 Å². The number of benzene rings is 1. The van der Waals surface area contributed by atoms with Crippen molar-refractivity contribution in [1.82, 2.24) is 5.32 Å². The molecule has 0 spiro atoms. The quantitative estimate of drug-likeness (QED) is 0.898. The molecule has 1 aliphatic rings. The summed E-state index contributed by atoms with van der Waals surface area (Å²) >= 11 is 7.11. The van der Waals surface area contributed by atoms with E-state index in [-0.39, 0.29) is 12.3 Å². The average Bonchev–Trinajstić information content (AvgIpc) is 2.65. The molecule has 2 N–H and O–H groups in total. The Bertz CT molecular complexity index is 574. The fourth-order valence-electron chi connectivity index (χ4n) is 1.58. The fraction of sp³-hybridized carbons (Fsp3) is 0.250. The normalized spacial score (nSPS) is 20.6. The maximum atomic E-state index is 11.6. The van der Waals surface area contributed by atoms with Crippen molar-refractivity contribution in [3.8, 4) is 0 Å². The Hall–Kier alpha value is -1.53. The topological polar surface area (TPSA) is 78.8 Å². The first kappa shape index (κ1) is 13.9. The lowest BCUT2D eigenvalue weighted by molar-refractivity contribution is -0.138. The van der Waals surface area contributed by atoms with Gasteiger partial charge in [0.05, 0.1) is 12.1 Å². The molecule has 1 aromatic rings. The highest BCUT2D eigenvalue weighted by Crippen LogP contribution is 2.29. The summed E-state index contributed by atoms with van der Waals surface area (Å²) < 4.78 is 0. The van der Waals surface area contributed by atoms with Crippen LogP contribution in [0.15, 0.2) is 23.2 Å². The lowest BCUT2D eigenvalue weighted by Crippen LogP contribution is -2.26. The summed E-state index contributed by atoms with van der Waals surface area (Å²) in [6.07, 6.45) is -0.218. The molecule has 0 radical (unpaired) electrons. The monoisotopic (exact) mass is 298 g/mol. The summed E-state index contributed by atoms with van der Waals surface area (Å²) in [5.41, 5.74) is 1.47. The molecule has 0 saturated carbocycles. The molecular weight excluding hydrogens is 288 g/mol. The molecule has 7 heteroatoms. The minimum Gasteiger partial charge on any atom is -0.481 e. The number of carbonyl (C=O) groups excluding carboxylic acids is 1. The van der Waals surface area contributed by atoms with Gasteiger partial charge in [0, 0.05) is 5.02 Å². The number of nitrogens with zero attached hydrogens (tertiary/aromatic N) is 1. The Labute approximate surface area is 119 Å². The van der Waals surface area contributed by atoms with Gasteiger partial charge in [0.1, 0.15) is 5.25 Å². The molecule has 19 heavy (non-hydrogen) atoms. The van der Waals surface area contributed by atoms with Gasteiger partial charge in [-0.1, -0.05) is 29.4 Å². The van der Waals surface area contributed by atoms with Gasteiger partial charge in [0.2, 0.25) is 5.91 Å². The first-order chi connectivity index (χ1) is 8.97. The number of halogens is 1. The molecule has 1 aliphatic heterocycles. The third-order valence-electron chi connectivity index (χ3n) is 2.60. The van der Waals surface area contributed by atoms with Crippen LogP contribution in [-0.2, 0) is 9.59 Å². The molecular formula is C12H11ClN2O3S. The Morgan fingerprint density at radius 1 is 1.58 bits per heavy atom. The number of rotatable bonds is 3. The van der Waals surface area contributed by atoms with Gasteiger partial charge in [0.15, 0.2) is 5.17 Å². The lowest BCUT2D eigenvalue weighted by atomic mass is 10.2. The number of carboxylic acids is 1. The molecule has 100 valence electrons. The molecule has 1 aromatic carbocycles. The van der Waals surface area contributed by atoms with Crippen LogP contribution in [0.5, 0.6) is 0 Å². The number of aliphatic imine (C=N–C) groups is 1. The van der Waals surface area contributed by atoms with E-state index in [4.69, 9.17) is 16.7 Å². The number of amides is 1. The molecule has 2 rings (SSSR count). The van der Waals surface area contributed by atoms with Gasteiger partial charge in [0.25, 0.3) is 0 Å². The van der Waals surface area contributed by atoms with Gasteiger partial charge in [-0.2, -0.15) is 0 Å². The van der Waals surface area contributed by atoms with Gasteiger partial charge < -0.3 is 10.4 Å². The van der Waals surface area contributed by atoms with E-state index < -0.39 is 11.2 Å². The van der Waals surface area contributed by atoms with Gasteiger partial charge >= 0.3 is 5.97 Å². The predicted molar refractivity (Wildman–Crippen MR) is 75.1 cm³/mol. The second-order valence-corrected chi connectivity index (χ2v) is 5.59. The predicted octanol–water partition coefficient (Wildman–Crippen LogP) is 2.34. The van der Waals surface area contributed by atoms with E-state index in [2.05, 4.69) is 10.3 Å². The Morgan fingerprint density at radius 2 is 2.32 bits per heavy atom. The van der Waals surface area contributed by atoms with Gasteiger partial charge in [-0.05, 0) is 24.6 Å². The van der Waals surface area contributed by atoms with Crippen LogP contribution in [0, 0.1) is 6.92 Å². The van der Waals surface area contributed by atoms with Crippen LogP contribution >= 0.6 is 23.4 Å². The highest BCUT2D eigenvalue weighted by molar-refractivity contribution is 8.15. The third-order valence-corrected chi connectivity index (χ3v) is 4.09. The van der Waals surface area contributed by atoms with Crippen molar-refractivity contribution in [3.63, 3.8) is 0 Å². The van der Waals surface area contributed by atoms with Crippen LogP contribution in [0.25, 0.3) is 0 Å². The summed E-state index contributed by atoms with van der Waals surface area (Å²) in [5, 5.41) is 11.6. The zero-order valence-corrected chi connectivity index (χ0v) is 11.6. The van der Waals surface area contributed by atoms with E-state index in [1.54, 1.807) is 18.2 Å². The summed E-state index contributed by atoms with van der Waals surface area (Å²) in [6.45, 7) is 1.83. The number of nitrogens with one attached hydrogen (secondary N) is 1. The van der Waals surface area contributed by atoms with E-state index in [0.29, 0.717) is 15.9 Å². The Kier molecular flexibility index (Phi) is 4.11. The number of thioether (sulfide) groups is 1. The molecule has 5 nitrogen and oxygen atoms in total. The minimum atomic E-state index is -1.01. The van der Waals surface area contributed by atoms with E-state index in [1.165, 1.54) is 0 Å². The number of carboxylic acid groups (broad SMARTS) is 1. The number of aliphatic carboxylic acids is 1. The highest BCUT2D eigenvalue weighted by Gasteiger charge is 2.32. The molecule has 0 aromatic heterocycles. The largest absolute Gasteiger partial charge is 0.481 e. The lowest BCUT2D eigenvalue weighted by Gasteiger charge is -2.03. The van der Waals surface area contributed by atoms with E-state index in [1.807, 2.05) is 6.92 Å². The molecule has 1 unspecified atom stereocenters.